The van der Waals surface area contributed by atoms with Gasteiger partial charge in [-0.15, -0.1) is 0 Å². The monoisotopic (exact) mass is 324 g/mol. The van der Waals surface area contributed by atoms with Gasteiger partial charge in [-0.3, -0.25) is 4.79 Å². The molecule has 3 heteroatoms. The molecule has 1 saturated heterocycles. The third-order valence-electron chi connectivity index (χ3n) is 5.97. The van der Waals surface area contributed by atoms with Crippen LogP contribution in [0.25, 0.3) is 0 Å². The molecule has 1 aliphatic heterocycles. The van der Waals surface area contributed by atoms with Crippen molar-refractivity contribution in [1.29, 1.82) is 0 Å². The van der Waals surface area contributed by atoms with E-state index < -0.39 is 0 Å². The minimum absolute atomic E-state index is 0.0543. The molecule has 0 spiro atoms. The normalized spacial score (nSPS) is 22.5. The first-order chi connectivity index (χ1) is 11.1. The molecule has 0 aromatic heterocycles. The van der Waals surface area contributed by atoms with Crippen LogP contribution in [0, 0.1) is 11.3 Å². The van der Waals surface area contributed by atoms with Gasteiger partial charge in [0.2, 0.25) is 5.91 Å². The largest absolute Gasteiger partial charge is 0.369 e. The molecule has 3 N–H and O–H groups in total. The van der Waals surface area contributed by atoms with Crippen molar-refractivity contribution >= 4 is 5.91 Å². The van der Waals surface area contributed by atoms with Crippen LogP contribution in [-0.2, 0) is 4.79 Å². The van der Waals surface area contributed by atoms with E-state index in [1.54, 1.807) is 0 Å². The fraction of sp³-hybridized carbons (Fsp3) is 0.950. The number of carbonyl (C=O) groups is 1. The van der Waals surface area contributed by atoms with Gasteiger partial charge in [-0.05, 0) is 51.0 Å². The number of hydrogen-bond donors (Lipinski definition) is 2. The van der Waals surface area contributed by atoms with E-state index in [0.717, 1.165) is 38.6 Å². The van der Waals surface area contributed by atoms with Crippen molar-refractivity contribution in [2.75, 3.05) is 6.54 Å². The first kappa shape index (κ1) is 20.5. The minimum atomic E-state index is -0.308. The summed E-state index contributed by atoms with van der Waals surface area (Å²) >= 11 is 0. The minimum Gasteiger partial charge on any atom is -0.369 e. The molecule has 1 fully saturated rings. The van der Waals surface area contributed by atoms with Crippen LogP contribution in [0.1, 0.15) is 97.8 Å². The molecule has 0 aliphatic carbocycles. The van der Waals surface area contributed by atoms with Gasteiger partial charge in [0.05, 0.1) is 5.41 Å². The topological polar surface area (TPSA) is 55.1 Å². The van der Waals surface area contributed by atoms with Crippen molar-refractivity contribution < 1.29 is 4.79 Å². The predicted octanol–water partition coefficient (Wildman–Crippen LogP) is 4.79. The number of carbonyl (C=O) groups excluding carboxylic acids is 1. The lowest BCUT2D eigenvalue weighted by Crippen LogP contribution is -2.48. The Labute approximate surface area is 144 Å². The number of hydrogen-bond acceptors (Lipinski definition) is 2. The summed E-state index contributed by atoms with van der Waals surface area (Å²) in [6.45, 7) is 7.75. The van der Waals surface area contributed by atoms with Gasteiger partial charge in [0.15, 0.2) is 0 Å². The highest BCUT2D eigenvalue weighted by Crippen LogP contribution is 2.43. The van der Waals surface area contributed by atoms with Crippen molar-refractivity contribution in [3.05, 3.63) is 0 Å². The molecule has 3 nitrogen and oxygen atoms in total. The molecule has 0 aromatic carbocycles. The Balaban J connectivity index is 2.81. The van der Waals surface area contributed by atoms with E-state index in [1.165, 1.54) is 44.9 Å². The van der Waals surface area contributed by atoms with Crippen molar-refractivity contribution in [3.8, 4) is 0 Å². The highest BCUT2D eigenvalue weighted by atomic mass is 16.1. The maximum absolute atomic E-state index is 12.5. The first-order valence-corrected chi connectivity index (χ1v) is 10.1. The molecule has 1 amide bonds. The summed E-state index contributed by atoms with van der Waals surface area (Å²) in [7, 11) is 0. The summed E-state index contributed by atoms with van der Waals surface area (Å²) in [5.74, 6) is 0.400. The van der Waals surface area contributed by atoms with E-state index >= 15 is 0 Å². The summed E-state index contributed by atoms with van der Waals surface area (Å²) in [6.07, 6.45) is 14.1. The zero-order valence-electron chi connectivity index (χ0n) is 15.8. The number of amides is 1. The summed E-state index contributed by atoms with van der Waals surface area (Å²) in [5.41, 5.74) is 5.69. The van der Waals surface area contributed by atoms with Crippen LogP contribution < -0.4 is 11.1 Å². The van der Waals surface area contributed by atoms with Crippen LogP contribution in [0.15, 0.2) is 0 Å². The number of primary amides is 1. The average Bonchev–Trinajstić information content (AvgIpc) is 2.56. The number of piperidine rings is 1. The number of rotatable bonds is 12. The second-order valence-electron chi connectivity index (χ2n) is 7.56. The van der Waals surface area contributed by atoms with E-state index in [2.05, 4.69) is 26.1 Å². The van der Waals surface area contributed by atoms with Gasteiger partial charge in [-0.1, -0.05) is 59.3 Å². The molecule has 0 bridgehead atoms. The lowest BCUT2D eigenvalue weighted by atomic mass is 9.65. The average molecular weight is 325 g/mol. The van der Waals surface area contributed by atoms with Crippen LogP contribution in [0.5, 0.6) is 0 Å². The van der Waals surface area contributed by atoms with Gasteiger partial charge >= 0.3 is 0 Å². The van der Waals surface area contributed by atoms with Gasteiger partial charge in [-0.2, -0.15) is 0 Å². The lowest BCUT2D eigenvalue weighted by Gasteiger charge is -2.41. The molecule has 1 aliphatic rings. The fourth-order valence-corrected chi connectivity index (χ4v) is 4.48. The molecular formula is C20H40N2O. The summed E-state index contributed by atoms with van der Waals surface area (Å²) < 4.78 is 0. The standard InChI is InChI=1S/C20H40N2O/c1-4-7-8-9-13-17(12-5-2)20(6-3,19(21)23)16-18-14-10-11-15-22-18/h17-18,22H,4-16H2,1-3H3,(H2,21,23). The Bertz CT molecular complexity index is 326. The summed E-state index contributed by atoms with van der Waals surface area (Å²) in [6, 6.07) is 0.478. The SMILES string of the molecule is CCCCCCC(CCC)C(CC)(CC1CCCCN1)C(N)=O. The van der Waals surface area contributed by atoms with Crippen molar-refractivity contribution in [1.82, 2.24) is 5.32 Å². The molecule has 0 saturated carbocycles. The van der Waals surface area contributed by atoms with Crippen LogP contribution in [0.2, 0.25) is 0 Å². The Morgan fingerprint density at radius 1 is 1.13 bits per heavy atom. The van der Waals surface area contributed by atoms with Gasteiger partial charge in [-0.25, -0.2) is 0 Å². The van der Waals surface area contributed by atoms with Crippen molar-refractivity contribution in [2.45, 2.75) is 104 Å². The van der Waals surface area contributed by atoms with Crippen LogP contribution in [-0.4, -0.2) is 18.5 Å². The van der Waals surface area contributed by atoms with Crippen LogP contribution >= 0.6 is 0 Å². The van der Waals surface area contributed by atoms with Crippen molar-refractivity contribution in [2.24, 2.45) is 17.1 Å². The quantitative estimate of drug-likeness (QED) is 0.507. The maximum atomic E-state index is 12.5. The third-order valence-corrected chi connectivity index (χ3v) is 5.97. The zero-order chi connectivity index (χ0) is 17.1. The second kappa shape index (κ2) is 11.1. The van der Waals surface area contributed by atoms with E-state index in [-0.39, 0.29) is 11.3 Å². The van der Waals surface area contributed by atoms with E-state index in [0.29, 0.717) is 12.0 Å². The number of nitrogens with one attached hydrogen (secondary N) is 1. The van der Waals surface area contributed by atoms with E-state index in [4.69, 9.17) is 5.73 Å². The van der Waals surface area contributed by atoms with Gasteiger partial charge < -0.3 is 11.1 Å². The molecule has 0 radical (unpaired) electrons. The Hall–Kier alpha value is -0.570. The molecule has 3 atom stereocenters. The maximum Gasteiger partial charge on any atom is 0.223 e. The molecule has 1 heterocycles. The summed E-state index contributed by atoms with van der Waals surface area (Å²) in [4.78, 5) is 12.5. The Morgan fingerprint density at radius 2 is 1.91 bits per heavy atom. The van der Waals surface area contributed by atoms with E-state index in [1.807, 2.05) is 0 Å². The summed E-state index contributed by atoms with van der Waals surface area (Å²) in [5, 5.41) is 3.63. The third kappa shape index (κ3) is 6.10. The first-order valence-electron chi connectivity index (χ1n) is 10.1. The van der Waals surface area contributed by atoms with Gasteiger partial charge in [0.25, 0.3) is 0 Å². The predicted molar refractivity (Wildman–Crippen MR) is 99.3 cm³/mol. The van der Waals surface area contributed by atoms with Gasteiger partial charge in [0.1, 0.15) is 0 Å². The molecule has 136 valence electrons. The number of unbranched alkanes of at least 4 members (excludes halogenated alkanes) is 3. The van der Waals surface area contributed by atoms with E-state index in [9.17, 15) is 4.79 Å². The Kier molecular flexibility index (Phi) is 9.85. The smallest absolute Gasteiger partial charge is 0.223 e. The molecule has 23 heavy (non-hydrogen) atoms. The zero-order valence-corrected chi connectivity index (χ0v) is 15.8. The molecule has 0 aromatic rings. The Morgan fingerprint density at radius 3 is 2.43 bits per heavy atom. The van der Waals surface area contributed by atoms with Crippen LogP contribution in [0.4, 0.5) is 0 Å². The molecular weight excluding hydrogens is 284 g/mol. The van der Waals surface area contributed by atoms with Gasteiger partial charge in [0, 0.05) is 6.04 Å². The van der Waals surface area contributed by atoms with Crippen molar-refractivity contribution in [3.63, 3.8) is 0 Å². The fourth-order valence-electron chi connectivity index (χ4n) is 4.48. The lowest BCUT2D eigenvalue weighted by molar-refractivity contribution is -0.133. The highest BCUT2D eigenvalue weighted by Gasteiger charge is 2.43. The molecule has 1 rings (SSSR count). The number of nitrogens with two attached hydrogens (primary N) is 1. The highest BCUT2D eigenvalue weighted by molar-refractivity contribution is 5.81. The second-order valence-corrected chi connectivity index (χ2v) is 7.56. The van der Waals surface area contributed by atoms with Crippen LogP contribution in [0.3, 0.4) is 0 Å². The molecule has 3 unspecified atom stereocenters.